The molecule has 0 unspecified atom stereocenters. The summed E-state index contributed by atoms with van der Waals surface area (Å²) in [7, 11) is 0. The fourth-order valence-corrected chi connectivity index (χ4v) is 2.16. The van der Waals surface area contributed by atoms with Crippen molar-refractivity contribution < 1.29 is 14.3 Å². The van der Waals surface area contributed by atoms with Crippen molar-refractivity contribution in [1.29, 1.82) is 5.26 Å². The number of carbonyl (C=O) groups excluding carboxylic acids is 2. The maximum Gasteiger partial charge on any atom is 0.279 e. The molecule has 6 nitrogen and oxygen atoms in total. The number of hydrazine groups is 1. The van der Waals surface area contributed by atoms with Crippen LogP contribution >= 0.6 is 15.9 Å². The Kier molecular flexibility index (Phi) is 5.93. The number of nitrogens with zero attached hydrogens (tertiary/aromatic N) is 1. The Morgan fingerprint density at radius 3 is 2.50 bits per heavy atom. The van der Waals surface area contributed by atoms with Crippen LogP contribution < -0.4 is 15.6 Å². The molecule has 0 aliphatic carbocycles. The molecule has 0 aliphatic heterocycles. The molecule has 0 aromatic heterocycles. The van der Waals surface area contributed by atoms with Gasteiger partial charge in [0.2, 0.25) is 0 Å². The fourth-order valence-electron chi connectivity index (χ4n) is 1.79. The van der Waals surface area contributed by atoms with Crippen molar-refractivity contribution in [2.75, 3.05) is 0 Å². The number of amides is 2. The number of nitriles is 1. The van der Waals surface area contributed by atoms with E-state index in [2.05, 4.69) is 26.8 Å². The summed E-state index contributed by atoms with van der Waals surface area (Å²) in [5, 5.41) is 8.72. The Bertz CT molecular complexity index is 784. The first kappa shape index (κ1) is 17.5. The Balaban J connectivity index is 1.87. The predicted molar refractivity (Wildman–Crippen MR) is 91.0 cm³/mol. The van der Waals surface area contributed by atoms with Gasteiger partial charge in [-0.25, -0.2) is 0 Å². The summed E-state index contributed by atoms with van der Waals surface area (Å²) in [5.41, 5.74) is 5.39. The average molecular weight is 388 g/mol. The van der Waals surface area contributed by atoms with Crippen LogP contribution in [0.5, 0.6) is 5.75 Å². The maximum absolute atomic E-state index is 12.0. The summed E-state index contributed by atoms with van der Waals surface area (Å²) in [5.74, 6) is -0.440. The minimum absolute atomic E-state index is 0.329. The van der Waals surface area contributed by atoms with Gasteiger partial charge in [-0.05, 0) is 49.4 Å². The van der Waals surface area contributed by atoms with Crippen LogP contribution in [0.15, 0.2) is 53.0 Å². The van der Waals surface area contributed by atoms with Crippen molar-refractivity contribution in [3.63, 3.8) is 0 Å². The molecule has 0 saturated heterocycles. The SMILES string of the molecule is C[C@@H](Oc1cccc(Br)c1)C(=O)NNC(=O)c1ccc(C#N)cc1. The first-order chi connectivity index (χ1) is 11.5. The van der Waals surface area contributed by atoms with Crippen LogP contribution in [0.2, 0.25) is 0 Å². The van der Waals surface area contributed by atoms with E-state index in [1.54, 1.807) is 25.1 Å². The first-order valence-corrected chi connectivity index (χ1v) is 7.81. The molecule has 0 saturated carbocycles. The smallest absolute Gasteiger partial charge is 0.279 e. The zero-order valence-corrected chi connectivity index (χ0v) is 14.3. The van der Waals surface area contributed by atoms with Gasteiger partial charge in [0, 0.05) is 10.0 Å². The molecule has 2 aromatic carbocycles. The van der Waals surface area contributed by atoms with Crippen LogP contribution in [0.3, 0.4) is 0 Å². The van der Waals surface area contributed by atoms with E-state index in [9.17, 15) is 9.59 Å². The number of halogens is 1. The fraction of sp³-hybridized carbons (Fsp3) is 0.118. The minimum atomic E-state index is -0.791. The topological polar surface area (TPSA) is 91.2 Å². The number of nitrogens with one attached hydrogen (secondary N) is 2. The first-order valence-electron chi connectivity index (χ1n) is 7.02. The van der Waals surface area contributed by atoms with E-state index >= 15 is 0 Å². The third-order valence-electron chi connectivity index (χ3n) is 3.05. The average Bonchev–Trinajstić information content (AvgIpc) is 2.59. The third kappa shape index (κ3) is 4.83. The normalized spacial score (nSPS) is 11.0. The largest absolute Gasteiger partial charge is 0.481 e. The molecule has 2 amide bonds. The van der Waals surface area contributed by atoms with E-state index in [0.29, 0.717) is 16.9 Å². The highest BCUT2D eigenvalue weighted by Crippen LogP contribution is 2.18. The van der Waals surface area contributed by atoms with E-state index in [0.717, 1.165) is 4.47 Å². The molecule has 122 valence electrons. The third-order valence-corrected chi connectivity index (χ3v) is 3.55. The van der Waals surface area contributed by atoms with Gasteiger partial charge in [0.15, 0.2) is 6.10 Å². The lowest BCUT2D eigenvalue weighted by molar-refractivity contribution is -0.128. The predicted octanol–water partition coefficient (Wildman–Crippen LogP) is 2.55. The van der Waals surface area contributed by atoms with Crippen molar-refractivity contribution in [3.8, 4) is 11.8 Å². The second kappa shape index (κ2) is 8.13. The molecule has 0 bridgehead atoms. The Hall–Kier alpha value is -2.85. The van der Waals surface area contributed by atoms with Gasteiger partial charge in [0.05, 0.1) is 11.6 Å². The van der Waals surface area contributed by atoms with E-state index in [1.807, 2.05) is 12.1 Å². The summed E-state index contributed by atoms with van der Waals surface area (Å²) >= 11 is 3.32. The van der Waals surface area contributed by atoms with Gasteiger partial charge in [-0.15, -0.1) is 0 Å². The number of hydrogen-bond acceptors (Lipinski definition) is 4. The molecule has 24 heavy (non-hydrogen) atoms. The van der Waals surface area contributed by atoms with Crippen molar-refractivity contribution in [1.82, 2.24) is 10.9 Å². The molecule has 1 atom stereocenters. The van der Waals surface area contributed by atoms with E-state index in [-0.39, 0.29) is 0 Å². The molecule has 2 N–H and O–H groups in total. The van der Waals surface area contributed by atoms with Crippen LogP contribution in [0.25, 0.3) is 0 Å². The van der Waals surface area contributed by atoms with Crippen molar-refractivity contribution in [3.05, 3.63) is 64.1 Å². The van der Waals surface area contributed by atoms with Crippen molar-refractivity contribution in [2.45, 2.75) is 13.0 Å². The zero-order valence-electron chi connectivity index (χ0n) is 12.7. The van der Waals surface area contributed by atoms with Crippen LogP contribution in [0.4, 0.5) is 0 Å². The number of benzene rings is 2. The molecule has 0 fully saturated rings. The zero-order chi connectivity index (χ0) is 17.5. The van der Waals surface area contributed by atoms with Gasteiger partial charge in [-0.2, -0.15) is 5.26 Å². The highest BCUT2D eigenvalue weighted by molar-refractivity contribution is 9.10. The van der Waals surface area contributed by atoms with Gasteiger partial charge >= 0.3 is 0 Å². The molecule has 2 rings (SSSR count). The molecule has 0 aliphatic rings. The lowest BCUT2D eigenvalue weighted by Crippen LogP contribution is -2.47. The van der Waals surface area contributed by atoms with Crippen molar-refractivity contribution in [2.24, 2.45) is 0 Å². The van der Waals surface area contributed by atoms with Gasteiger partial charge in [-0.1, -0.05) is 22.0 Å². The quantitative estimate of drug-likeness (QED) is 0.788. The van der Waals surface area contributed by atoms with Crippen LogP contribution in [0, 0.1) is 11.3 Å². The standard InChI is InChI=1S/C17H14BrN3O3/c1-11(24-15-4-2-3-14(18)9-15)16(22)20-21-17(23)13-7-5-12(10-19)6-8-13/h2-9,11H,1H3,(H,20,22)(H,21,23)/t11-/m1/s1. The van der Waals surface area contributed by atoms with E-state index < -0.39 is 17.9 Å². The molecule has 0 radical (unpaired) electrons. The van der Waals surface area contributed by atoms with Crippen molar-refractivity contribution >= 4 is 27.7 Å². The van der Waals surface area contributed by atoms with E-state index in [1.165, 1.54) is 24.3 Å². The molecule has 7 heteroatoms. The Morgan fingerprint density at radius 1 is 1.17 bits per heavy atom. The monoisotopic (exact) mass is 387 g/mol. The molecule has 2 aromatic rings. The Morgan fingerprint density at radius 2 is 1.88 bits per heavy atom. The summed E-state index contributed by atoms with van der Waals surface area (Å²) in [4.78, 5) is 23.9. The highest BCUT2D eigenvalue weighted by atomic mass is 79.9. The number of hydrogen-bond donors (Lipinski definition) is 2. The summed E-state index contributed by atoms with van der Waals surface area (Å²) in [6.45, 7) is 1.57. The molecular weight excluding hydrogens is 374 g/mol. The summed E-state index contributed by atoms with van der Waals surface area (Å²) in [6.07, 6.45) is -0.791. The maximum atomic E-state index is 12.0. The van der Waals surface area contributed by atoms with Gasteiger partial charge < -0.3 is 4.74 Å². The number of ether oxygens (including phenoxy) is 1. The van der Waals surface area contributed by atoms with Gasteiger partial charge in [0.1, 0.15) is 5.75 Å². The molecule has 0 heterocycles. The minimum Gasteiger partial charge on any atom is -0.481 e. The van der Waals surface area contributed by atoms with Crippen LogP contribution in [-0.2, 0) is 4.79 Å². The lowest BCUT2D eigenvalue weighted by atomic mass is 10.1. The molecule has 0 spiro atoms. The second-order valence-electron chi connectivity index (χ2n) is 4.85. The summed E-state index contributed by atoms with van der Waals surface area (Å²) < 4.78 is 6.33. The second-order valence-corrected chi connectivity index (χ2v) is 5.77. The van der Waals surface area contributed by atoms with Gasteiger partial charge in [-0.3, -0.25) is 20.4 Å². The van der Waals surface area contributed by atoms with Crippen LogP contribution in [0.1, 0.15) is 22.8 Å². The molecular formula is C17H14BrN3O3. The highest BCUT2D eigenvalue weighted by Gasteiger charge is 2.16. The van der Waals surface area contributed by atoms with Crippen LogP contribution in [-0.4, -0.2) is 17.9 Å². The number of carbonyl (C=O) groups is 2. The van der Waals surface area contributed by atoms with E-state index in [4.69, 9.17) is 10.00 Å². The van der Waals surface area contributed by atoms with Gasteiger partial charge in [0.25, 0.3) is 11.8 Å². The Labute approximate surface area is 147 Å². The number of rotatable bonds is 4. The lowest BCUT2D eigenvalue weighted by Gasteiger charge is -2.15. The summed E-state index contributed by atoms with van der Waals surface area (Å²) in [6, 6.07) is 15.1.